The summed E-state index contributed by atoms with van der Waals surface area (Å²) in [5, 5.41) is 0. The van der Waals surface area contributed by atoms with Gasteiger partial charge >= 0.3 is 0 Å². The molecule has 1 rings (SSSR count). The second-order valence-electron chi connectivity index (χ2n) is 3.06. The van der Waals surface area contributed by atoms with E-state index in [9.17, 15) is 4.79 Å². The summed E-state index contributed by atoms with van der Waals surface area (Å²) in [5.41, 5.74) is 4.97. The summed E-state index contributed by atoms with van der Waals surface area (Å²) < 4.78 is 10.5. The maximum atomic E-state index is 11.2. The molecule has 12 heavy (non-hydrogen) atoms. The average Bonchev–Trinajstić information content (AvgIpc) is 2.31. The molecule has 0 radical (unpaired) electrons. The van der Waals surface area contributed by atoms with Crippen LogP contribution in [0.15, 0.2) is 0 Å². The topological polar surface area (TPSA) is 59.6 Å². The zero-order chi connectivity index (χ0) is 9.19. The number of ether oxygens (including phenoxy) is 2. The third kappa shape index (κ3) is 2.17. The number of amides is 1. The monoisotopic (exact) mass is 174 g/mol. The molecule has 1 heterocycles. The quantitative estimate of drug-likeness (QED) is 0.548. The van der Waals surface area contributed by atoms with Crippen molar-refractivity contribution in [3.63, 3.8) is 0 Å². The van der Waals surface area contributed by atoms with Crippen LogP contribution in [0.3, 0.4) is 0 Å². The van der Waals surface area contributed by atoms with Crippen LogP contribution in [0.1, 0.15) is 13.8 Å². The highest BCUT2D eigenvalue weighted by molar-refractivity contribution is 5.80. The summed E-state index contributed by atoms with van der Waals surface area (Å²) in [4.78, 5) is 11.2. The van der Waals surface area contributed by atoms with Crippen molar-refractivity contribution >= 4 is 5.91 Å². The molecule has 5 nitrogen and oxygen atoms in total. The Labute approximate surface area is 71.4 Å². The summed E-state index contributed by atoms with van der Waals surface area (Å²) >= 11 is 0. The minimum absolute atomic E-state index is 0.205. The van der Waals surface area contributed by atoms with Crippen LogP contribution in [0.25, 0.3) is 0 Å². The van der Waals surface area contributed by atoms with Gasteiger partial charge in [0.15, 0.2) is 11.9 Å². The van der Waals surface area contributed by atoms with Crippen molar-refractivity contribution in [2.75, 3.05) is 13.7 Å². The zero-order valence-electron chi connectivity index (χ0n) is 7.51. The Kier molecular flexibility index (Phi) is 2.66. The van der Waals surface area contributed by atoms with E-state index in [2.05, 4.69) is 10.9 Å². The summed E-state index contributed by atoms with van der Waals surface area (Å²) in [6.45, 7) is 3.86. The van der Waals surface area contributed by atoms with Gasteiger partial charge in [-0.1, -0.05) is 0 Å². The molecule has 1 amide bonds. The number of nitrogens with one attached hydrogen (secondary N) is 2. The van der Waals surface area contributed by atoms with Gasteiger partial charge in [0.2, 0.25) is 0 Å². The maximum Gasteiger partial charge on any atom is 0.265 e. The molecule has 0 saturated carbocycles. The predicted octanol–water partition coefficient (Wildman–Crippen LogP) is -0.611. The van der Waals surface area contributed by atoms with Gasteiger partial charge in [-0.15, -0.1) is 0 Å². The molecule has 1 aliphatic heterocycles. The molecule has 1 atom stereocenters. The first-order chi connectivity index (χ1) is 5.55. The Morgan fingerprint density at radius 1 is 1.58 bits per heavy atom. The molecule has 0 aromatic carbocycles. The van der Waals surface area contributed by atoms with Gasteiger partial charge < -0.3 is 9.47 Å². The van der Waals surface area contributed by atoms with Crippen LogP contribution in [0.4, 0.5) is 0 Å². The molecule has 1 unspecified atom stereocenters. The van der Waals surface area contributed by atoms with Crippen LogP contribution in [0.5, 0.6) is 0 Å². The SMILES string of the molecule is CNNC(=O)C1COC(C)(C)O1. The third-order valence-corrected chi connectivity index (χ3v) is 1.55. The van der Waals surface area contributed by atoms with Gasteiger partial charge in [0.05, 0.1) is 6.61 Å². The highest BCUT2D eigenvalue weighted by Gasteiger charge is 2.36. The van der Waals surface area contributed by atoms with Gasteiger partial charge in [-0.2, -0.15) is 0 Å². The van der Waals surface area contributed by atoms with Crippen LogP contribution in [0, 0.1) is 0 Å². The molecular weight excluding hydrogens is 160 g/mol. The van der Waals surface area contributed by atoms with E-state index >= 15 is 0 Å². The summed E-state index contributed by atoms with van der Waals surface area (Å²) in [6.07, 6.45) is -0.507. The molecule has 0 aliphatic carbocycles. The first-order valence-corrected chi connectivity index (χ1v) is 3.83. The molecule has 1 fully saturated rings. The van der Waals surface area contributed by atoms with Crippen molar-refractivity contribution in [2.45, 2.75) is 25.7 Å². The highest BCUT2D eigenvalue weighted by atomic mass is 16.7. The van der Waals surface area contributed by atoms with Crippen molar-refractivity contribution in [1.82, 2.24) is 10.9 Å². The molecule has 0 aromatic rings. The second-order valence-corrected chi connectivity index (χ2v) is 3.06. The first-order valence-electron chi connectivity index (χ1n) is 3.83. The lowest BCUT2D eigenvalue weighted by molar-refractivity contribution is -0.153. The number of hydrogen-bond acceptors (Lipinski definition) is 4. The largest absolute Gasteiger partial charge is 0.347 e. The van der Waals surface area contributed by atoms with Crippen LogP contribution >= 0.6 is 0 Å². The van der Waals surface area contributed by atoms with Crippen molar-refractivity contribution in [2.24, 2.45) is 0 Å². The molecule has 1 saturated heterocycles. The standard InChI is InChI=1S/C7H14N2O3/c1-7(2)11-4-5(12-7)6(10)9-8-3/h5,8H,4H2,1-3H3,(H,9,10). The van der Waals surface area contributed by atoms with Gasteiger partial charge in [-0.05, 0) is 13.8 Å². The fourth-order valence-corrected chi connectivity index (χ4v) is 1.02. The lowest BCUT2D eigenvalue weighted by Crippen LogP contribution is -2.43. The number of rotatable bonds is 2. The minimum atomic E-state index is -0.643. The van der Waals surface area contributed by atoms with Crippen molar-refractivity contribution in [3.8, 4) is 0 Å². The van der Waals surface area contributed by atoms with E-state index in [0.717, 1.165) is 0 Å². The van der Waals surface area contributed by atoms with Gasteiger partial charge in [-0.3, -0.25) is 10.2 Å². The number of hydrazine groups is 1. The highest BCUT2D eigenvalue weighted by Crippen LogP contribution is 2.21. The minimum Gasteiger partial charge on any atom is -0.347 e. The summed E-state index contributed by atoms with van der Waals surface area (Å²) in [5.74, 6) is -0.849. The normalized spacial score (nSPS) is 27.1. The van der Waals surface area contributed by atoms with E-state index < -0.39 is 11.9 Å². The van der Waals surface area contributed by atoms with E-state index in [1.165, 1.54) is 0 Å². The lowest BCUT2D eigenvalue weighted by atomic mass is 10.3. The van der Waals surface area contributed by atoms with Crippen molar-refractivity contribution in [1.29, 1.82) is 0 Å². The van der Waals surface area contributed by atoms with Crippen LogP contribution in [-0.4, -0.2) is 31.5 Å². The third-order valence-electron chi connectivity index (χ3n) is 1.55. The Balaban J connectivity index is 2.41. The second kappa shape index (κ2) is 3.38. The van der Waals surface area contributed by atoms with Crippen LogP contribution < -0.4 is 10.9 Å². The molecule has 0 bridgehead atoms. The molecule has 0 aromatic heterocycles. The van der Waals surface area contributed by atoms with E-state index in [-0.39, 0.29) is 5.91 Å². The van der Waals surface area contributed by atoms with Gasteiger partial charge in [0, 0.05) is 7.05 Å². The fourth-order valence-electron chi connectivity index (χ4n) is 1.02. The molecule has 5 heteroatoms. The molecule has 2 N–H and O–H groups in total. The molecule has 1 aliphatic rings. The van der Waals surface area contributed by atoms with E-state index in [1.807, 2.05) is 0 Å². The van der Waals surface area contributed by atoms with Gasteiger partial charge in [-0.25, -0.2) is 5.43 Å². The van der Waals surface area contributed by atoms with Gasteiger partial charge in [0.1, 0.15) is 0 Å². The number of hydrogen-bond donors (Lipinski definition) is 2. The van der Waals surface area contributed by atoms with Crippen molar-refractivity contribution < 1.29 is 14.3 Å². The van der Waals surface area contributed by atoms with Crippen LogP contribution in [0.2, 0.25) is 0 Å². The van der Waals surface area contributed by atoms with Crippen LogP contribution in [-0.2, 0) is 14.3 Å². The predicted molar refractivity (Wildman–Crippen MR) is 42.1 cm³/mol. The number of carbonyl (C=O) groups excluding carboxylic acids is 1. The Morgan fingerprint density at radius 2 is 2.25 bits per heavy atom. The Morgan fingerprint density at radius 3 is 2.67 bits per heavy atom. The van der Waals surface area contributed by atoms with E-state index in [0.29, 0.717) is 6.61 Å². The number of carbonyl (C=O) groups is 1. The summed E-state index contributed by atoms with van der Waals surface area (Å²) in [6, 6.07) is 0. The smallest absolute Gasteiger partial charge is 0.265 e. The Bertz CT molecular complexity index is 181. The molecular formula is C7H14N2O3. The summed E-state index contributed by atoms with van der Waals surface area (Å²) in [7, 11) is 1.62. The van der Waals surface area contributed by atoms with E-state index in [1.54, 1.807) is 20.9 Å². The Hall–Kier alpha value is -0.650. The first kappa shape index (κ1) is 9.44. The lowest BCUT2D eigenvalue weighted by Gasteiger charge is -2.16. The maximum absolute atomic E-state index is 11.2. The molecule has 0 spiro atoms. The van der Waals surface area contributed by atoms with E-state index in [4.69, 9.17) is 9.47 Å². The van der Waals surface area contributed by atoms with Gasteiger partial charge in [0.25, 0.3) is 5.91 Å². The average molecular weight is 174 g/mol. The van der Waals surface area contributed by atoms with Crippen molar-refractivity contribution in [3.05, 3.63) is 0 Å². The zero-order valence-corrected chi connectivity index (χ0v) is 7.51. The fraction of sp³-hybridized carbons (Fsp3) is 0.857. The molecule has 70 valence electrons.